The molecule has 2 fully saturated rings. The van der Waals surface area contributed by atoms with Crippen LogP contribution in [0, 0.1) is 11.2 Å². The fourth-order valence-corrected chi connectivity index (χ4v) is 4.62. The second-order valence-electron chi connectivity index (χ2n) is 6.46. The second-order valence-corrected chi connectivity index (χ2v) is 7.63. The minimum absolute atomic E-state index is 0.151. The van der Waals surface area contributed by atoms with Crippen molar-refractivity contribution in [3.8, 4) is 0 Å². The first-order chi connectivity index (χ1) is 10.3. The average molecular weight is 308 g/mol. The summed E-state index contributed by atoms with van der Waals surface area (Å²) in [6.45, 7) is 6.04. The van der Waals surface area contributed by atoms with Crippen LogP contribution in [0.15, 0.2) is 29.2 Å². The van der Waals surface area contributed by atoms with Crippen LogP contribution in [0.4, 0.5) is 4.39 Å². The largest absolute Gasteiger partial charge is 0.316 e. The van der Waals surface area contributed by atoms with Crippen molar-refractivity contribution in [1.82, 2.24) is 10.2 Å². The summed E-state index contributed by atoms with van der Waals surface area (Å²) < 4.78 is 12.9. The molecule has 1 atom stereocenters. The van der Waals surface area contributed by atoms with Crippen molar-refractivity contribution in [2.45, 2.75) is 30.6 Å². The Morgan fingerprint density at radius 2 is 2.00 bits per heavy atom. The quantitative estimate of drug-likeness (QED) is 0.859. The van der Waals surface area contributed by atoms with Gasteiger partial charge in [-0.25, -0.2) is 4.39 Å². The molecule has 2 heterocycles. The third-order valence-electron chi connectivity index (χ3n) is 4.79. The van der Waals surface area contributed by atoms with E-state index in [2.05, 4.69) is 10.2 Å². The normalized spacial score (nSPS) is 27.1. The fourth-order valence-electron chi connectivity index (χ4n) is 3.70. The van der Waals surface area contributed by atoms with Crippen molar-refractivity contribution in [3.05, 3.63) is 30.1 Å². The first kappa shape index (κ1) is 15.3. The van der Waals surface area contributed by atoms with E-state index in [4.69, 9.17) is 0 Å². The van der Waals surface area contributed by atoms with E-state index >= 15 is 0 Å². The molecular weight excluding hydrogens is 283 g/mol. The first-order valence-corrected chi connectivity index (χ1v) is 9.06. The van der Waals surface area contributed by atoms with E-state index in [1.807, 2.05) is 23.9 Å². The Labute approximate surface area is 131 Å². The Bertz CT molecular complexity index is 437. The van der Waals surface area contributed by atoms with E-state index in [0.717, 1.165) is 12.3 Å². The minimum Gasteiger partial charge on any atom is -0.316 e. The Balaban J connectivity index is 1.45. The van der Waals surface area contributed by atoms with Crippen molar-refractivity contribution < 1.29 is 4.39 Å². The summed E-state index contributed by atoms with van der Waals surface area (Å²) in [5.74, 6) is 0.942. The molecule has 1 unspecified atom stereocenters. The van der Waals surface area contributed by atoms with Gasteiger partial charge in [-0.3, -0.25) is 0 Å². The monoisotopic (exact) mass is 308 g/mol. The highest BCUT2D eigenvalue weighted by molar-refractivity contribution is 7.99. The maximum Gasteiger partial charge on any atom is 0.123 e. The van der Waals surface area contributed by atoms with Gasteiger partial charge >= 0.3 is 0 Å². The highest BCUT2D eigenvalue weighted by atomic mass is 32.2. The zero-order valence-corrected chi connectivity index (χ0v) is 13.4. The van der Waals surface area contributed by atoms with Crippen LogP contribution in [0.5, 0.6) is 0 Å². The molecule has 2 saturated heterocycles. The molecule has 0 bridgehead atoms. The smallest absolute Gasteiger partial charge is 0.123 e. The lowest BCUT2D eigenvalue weighted by Crippen LogP contribution is -2.51. The van der Waals surface area contributed by atoms with Crippen molar-refractivity contribution in [2.75, 3.05) is 38.5 Å². The number of nitrogens with one attached hydrogen (secondary N) is 1. The molecule has 1 aromatic rings. The standard InChI is InChI=1S/C17H25FN2S/c18-15-3-5-16(6-4-15)21-12-11-20-10-2-8-17(14-20)7-1-9-19-13-17/h3-6,19H,1-2,7-14H2. The molecule has 1 aromatic carbocycles. The Kier molecular flexibility index (Phi) is 5.19. The van der Waals surface area contributed by atoms with Crippen molar-refractivity contribution in [1.29, 1.82) is 0 Å². The molecule has 0 radical (unpaired) electrons. The van der Waals surface area contributed by atoms with E-state index in [9.17, 15) is 4.39 Å². The summed E-state index contributed by atoms with van der Waals surface area (Å²) in [6, 6.07) is 6.85. The van der Waals surface area contributed by atoms with Crippen LogP contribution in [0.3, 0.4) is 0 Å². The zero-order chi connectivity index (χ0) is 14.5. The molecule has 2 aliphatic rings. The van der Waals surface area contributed by atoms with E-state index in [1.165, 1.54) is 56.8 Å². The molecule has 3 rings (SSSR count). The SMILES string of the molecule is Fc1ccc(SCCN2CCCC3(CCCNC3)C2)cc1. The van der Waals surface area contributed by atoms with Gasteiger partial charge in [0.25, 0.3) is 0 Å². The summed E-state index contributed by atoms with van der Waals surface area (Å²) in [5, 5.41) is 3.59. The first-order valence-electron chi connectivity index (χ1n) is 8.07. The van der Waals surface area contributed by atoms with E-state index < -0.39 is 0 Å². The summed E-state index contributed by atoms with van der Waals surface area (Å²) in [4.78, 5) is 3.80. The van der Waals surface area contributed by atoms with Crippen molar-refractivity contribution in [3.63, 3.8) is 0 Å². The number of halogens is 1. The average Bonchev–Trinajstić information content (AvgIpc) is 2.50. The Hall–Kier alpha value is -0.580. The van der Waals surface area contributed by atoms with Gasteiger partial charge in [0, 0.05) is 30.3 Å². The van der Waals surface area contributed by atoms with Crippen LogP contribution in [0.2, 0.25) is 0 Å². The van der Waals surface area contributed by atoms with Crippen LogP contribution < -0.4 is 5.32 Å². The van der Waals surface area contributed by atoms with E-state index in [1.54, 1.807) is 12.1 Å². The van der Waals surface area contributed by atoms with Gasteiger partial charge in [0.05, 0.1) is 0 Å². The number of likely N-dealkylation sites (tertiary alicyclic amines) is 1. The van der Waals surface area contributed by atoms with Crippen molar-refractivity contribution >= 4 is 11.8 Å². The predicted octanol–water partition coefficient (Wildman–Crippen LogP) is 3.38. The number of piperidine rings is 2. The molecule has 2 nitrogen and oxygen atoms in total. The maximum absolute atomic E-state index is 12.9. The molecule has 0 aliphatic carbocycles. The summed E-state index contributed by atoms with van der Waals surface area (Å²) in [6.07, 6.45) is 5.45. The molecule has 0 saturated carbocycles. The number of thioether (sulfide) groups is 1. The molecule has 4 heteroatoms. The van der Waals surface area contributed by atoms with Gasteiger partial charge in [-0.15, -0.1) is 11.8 Å². The highest BCUT2D eigenvalue weighted by Gasteiger charge is 2.36. The topological polar surface area (TPSA) is 15.3 Å². The van der Waals surface area contributed by atoms with Crippen LogP contribution in [-0.4, -0.2) is 43.4 Å². The van der Waals surface area contributed by atoms with Crippen molar-refractivity contribution in [2.24, 2.45) is 5.41 Å². The van der Waals surface area contributed by atoms with Gasteiger partial charge in [-0.2, -0.15) is 0 Å². The number of benzene rings is 1. The maximum atomic E-state index is 12.9. The highest BCUT2D eigenvalue weighted by Crippen LogP contribution is 2.35. The molecule has 1 spiro atoms. The van der Waals surface area contributed by atoms with Crippen LogP contribution in [0.1, 0.15) is 25.7 Å². The van der Waals surface area contributed by atoms with Gasteiger partial charge in [0.1, 0.15) is 5.82 Å². The summed E-state index contributed by atoms with van der Waals surface area (Å²) >= 11 is 1.83. The lowest BCUT2D eigenvalue weighted by molar-refractivity contribution is 0.0688. The fraction of sp³-hybridized carbons (Fsp3) is 0.647. The Morgan fingerprint density at radius 1 is 1.19 bits per heavy atom. The summed E-state index contributed by atoms with van der Waals surface area (Å²) in [5.41, 5.74) is 0.539. The molecule has 2 aliphatic heterocycles. The second kappa shape index (κ2) is 7.12. The lowest BCUT2D eigenvalue weighted by Gasteiger charge is -2.45. The molecule has 21 heavy (non-hydrogen) atoms. The Morgan fingerprint density at radius 3 is 2.76 bits per heavy atom. The molecular formula is C17H25FN2S. The minimum atomic E-state index is -0.151. The van der Waals surface area contributed by atoms with Gasteiger partial charge in [0.2, 0.25) is 0 Å². The molecule has 0 aromatic heterocycles. The molecule has 1 N–H and O–H groups in total. The van der Waals surface area contributed by atoms with Gasteiger partial charge in [-0.1, -0.05) is 0 Å². The molecule has 0 amide bonds. The summed E-state index contributed by atoms with van der Waals surface area (Å²) in [7, 11) is 0. The van der Waals surface area contributed by atoms with Crippen LogP contribution in [-0.2, 0) is 0 Å². The molecule has 116 valence electrons. The number of hydrogen-bond acceptors (Lipinski definition) is 3. The van der Waals surface area contributed by atoms with Crippen LogP contribution >= 0.6 is 11.8 Å². The zero-order valence-electron chi connectivity index (χ0n) is 12.6. The third-order valence-corrected chi connectivity index (χ3v) is 5.78. The van der Waals surface area contributed by atoms with E-state index in [0.29, 0.717) is 5.41 Å². The van der Waals surface area contributed by atoms with Gasteiger partial charge < -0.3 is 10.2 Å². The lowest BCUT2D eigenvalue weighted by atomic mass is 9.74. The predicted molar refractivity (Wildman–Crippen MR) is 87.3 cm³/mol. The van der Waals surface area contributed by atoms with E-state index in [-0.39, 0.29) is 5.82 Å². The number of rotatable bonds is 4. The van der Waals surface area contributed by atoms with Crippen LogP contribution in [0.25, 0.3) is 0 Å². The third kappa shape index (κ3) is 4.21. The van der Waals surface area contributed by atoms with Gasteiger partial charge in [-0.05, 0) is 68.5 Å². The van der Waals surface area contributed by atoms with Gasteiger partial charge in [0.15, 0.2) is 0 Å². The number of nitrogens with zero attached hydrogens (tertiary/aromatic N) is 1. The number of hydrogen-bond donors (Lipinski definition) is 1.